The minimum Gasteiger partial charge on any atom is -0.0990 e. The van der Waals surface area contributed by atoms with E-state index in [1.165, 1.54) is 32.1 Å². The number of rotatable bonds is 0. The number of allylic oxidation sites excluding steroid dienone is 1. The first-order chi connectivity index (χ1) is 6.88. The molecule has 2 aliphatic rings. The van der Waals surface area contributed by atoms with Crippen molar-refractivity contribution in [3.63, 3.8) is 0 Å². The Bertz CT molecular complexity index is 274. The van der Waals surface area contributed by atoms with Crippen LogP contribution in [0.3, 0.4) is 0 Å². The van der Waals surface area contributed by atoms with Crippen LogP contribution in [0.4, 0.5) is 0 Å². The highest BCUT2D eigenvalue weighted by Crippen LogP contribution is 2.60. The van der Waals surface area contributed by atoms with Crippen LogP contribution in [-0.2, 0) is 0 Å². The van der Waals surface area contributed by atoms with Crippen molar-refractivity contribution in [3.05, 3.63) is 12.2 Å². The van der Waals surface area contributed by atoms with E-state index in [9.17, 15) is 0 Å². The molecule has 86 valence electrons. The van der Waals surface area contributed by atoms with Crippen LogP contribution < -0.4 is 0 Å². The minimum atomic E-state index is 0.444. The van der Waals surface area contributed by atoms with E-state index in [2.05, 4.69) is 34.3 Å². The van der Waals surface area contributed by atoms with Gasteiger partial charge in [0.15, 0.2) is 0 Å². The topological polar surface area (TPSA) is 0 Å². The number of fused-ring (bicyclic) bond motifs is 1. The lowest BCUT2D eigenvalue weighted by atomic mass is 9.49. The Morgan fingerprint density at radius 1 is 1.13 bits per heavy atom. The zero-order valence-corrected chi connectivity index (χ0v) is 10.9. The summed E-state index contributed by atoms with van der Waals surface area (Å²) in [5.74, 6) is 1.63. The highest BCUT2D eigenvalue weighted by molar-refractivity contribution is 5.20. The van der Waals surface area contributed by atoms with Crippen molar-refractivity contribution >= 4 is 0 Å². The van der Waals surface area contributed by atoms with Crippen LogP contribution >= 0.6 is 0 Å². The SMILES string of the molecule is C=C1C(C)CCC2C(C)(C)CCCC12C. The van der Waals surface area contributed by atoms with Crippen LogP contribution in [0.2, 0.25) is 0 Å². The van der Waals surface area contributed by atoms with E-state index in [4.69, 9.17) is 0 Å². The van der Waals surface area contributed by atoms with Crippen LogP contribution in [0.15, 0.2) is 12.2 Å². The Balaban J connectivity index is 2.34. The average Bonchev–Trinajstić information content (AvgIpc) is 2.12. The van der Waals surface area contributed by atoms with Gasteiger partial charge in [0.2, 0.25) is 0 Å². The fourth-order valence-electron chi connectivity index (χ4n) is 4.37. The zero-order valence-electron chi connectivity index (χ0n) is 10.9. The average molecular weight is 206 g/mol. The van der Waals surface area contributed by atoms with Crippen LogP contribution in [0, 0.1) is 22.7 Å². The first kappa shape index (κ1) is 11.2. The molecule has 0 heterocycles. The molecule has 0 N–H and O–H groups in total. The smallest absolute Gasteiger partial charge is 0.00831 e. The molecule has 2 fully saturated rings. The summed E-state index contributed by atoms with van der Waals surface area (Å²) in [6.07, 6.45) is 6.97. The van der Waals surface area contributed by atoms with Gasteiger partial charge in [0.1, 0.15) is 0 Å². The predicted octanol–water partition coefficient (Wildman–Crippen LogP) is 4.81. The van der Waals surface area contributed by atoms with Gasteiger partial charge in [-0.25, -0.2) is 0 Å². The molecule has 15 heavy (non-hydrogen) atoms. The molecule has 0 bridgehead atoms. The molecule has 2 rings (SSSR count). The van der Waals surface area contributed by atoms with Gasteiger partial charge in [0.25, 0.3) is 0 Å². The quantitative estimate of drug-likeness (QED) is 0.499. The van der Waals surface area contributed by atoms with E-state index < -0.39 is 0 Å². The van der Waals surface area contributed by atoms with Crippen molar-refractivity contribution in [2.45, 2.75) is 59.8 Å². The van der Waals surface area contributed by atoms with Gasteiger partial charge in [-0.1, -0.05) is 46.3 Å². The minimum absolute atomic E-state index is 0.444. The molecule has 0 aromatic heterocycles. The summed E-state index contributed by atoms with van der Waals surface area (Å²) < 4.78 is 0. The van der Waals surface area contributed by atoms with E-state index in [1.807, 2.05) is 0 Å². The number of hydrogen-bond acceptors (Lipinski definition) is 0. The standard InChI is InChI=1S/C15H26/c1-11-7-8-13-14(3,4)9-6-10-15(13,5)12(11)2/h11,13H,2,6-10H2,1,3-5H3. The molecule has 3 atom stereocenters. The molecule has 0 radical (unpaired) electrons. The maximum absolute atomic E-state index is 4.42. The fraction of sp³-hybridized carbons (Fsp3) is 0.867. The van der Waals surface area contributed by atoms with Crippen LogP contribution in [0.1, 0.15) is 59.8 Å². The maximum atomic E-state index is 4.42. The van der Waals surface area contributed by atoms with Crippen molar-refractivity contribution in [2.75, 3.05) is 0 Å². The summed E-state index contributed by atoms with van der Waals surface area (Å²) in [5.41, 5.74) is 2.53. The third-order valence-corrected chi connectivity index (χ3v) is 5.45. The molecule has 0 saturated heterocycles. The largest absolute Gasteiger partial charge is 0.0990 e. The Morgan fingerprint density at radius 3 is 2.47 bits per heavy atom. The Labute approximate surface area is 95.1 Å². The van der Waals surface area contributed by atoms with Crippen LogP contribution in [-0.4, -0.2) is 0 Å². The van der Waals surface area contributed by atoms with Crippen molar-refractivity contribution in [3.8, 4) is 0 Å². The first-order valence-electron chi connectivity index (χ1n) is 6.57. The van der Waals surface area contributed by atoms with Gasteiger partial charge >= 0.3 is 0 Å². The molecule has 0 aromatic rings. The van der Waals surface area contributed by atoms with E-state index in [0.717, 1.165) is 11.8 Å². The maximum Gasteiger partial charge on any atom is -0.00831 e. The summed E-state index contributed by atoms with van der Waals surface area (Å²) in [5, 5.41) is 0. The second-order valence-corrected chi connectivity index (χ2v) is 6.82. The van der Waals surface area contributed by atoms with Crippen molar-refractivity contribution in [1.82, 2.24) is 0 Å². The summed E-state index contributed by atoms with van der Waals surface area (Å²) >= 11 is 0. The van der Waals surface area contributed by atoms with Gasteiger partial charge in [0, 0.05) is 0 Å². The lowest BCUT2D eigenvalue weighted by Crippen LogP contribution is -2.46. The third kappa shape index (κ3) is 1.57. The fourth-order valence-corrected chi connectivity index (χ4v) is 4.37. The molecule has 0 spiro atoms. The van der Waals surface area contributed by atoms with E-state index >= 15 is 0 Å². The van der Waals surface area contributed by atoms with Gasteiger partial charge in [-0.2, -0.15) is 0 Å². The molecule has 2 aliphatic carbocycles. The van der Waals surface area contributed by atoms with Crippen LogP contribution in [0.5, 0.6) is 0 Å². The Hall–Kier alpha value is -0.260. The van der Waals surface area contributed by atoms with Crippen LogP contribution in [0.25, 0.3) is 0 Å². The van der Waals surface area contributed by atoms with E-state index in [1.54, 1.807) is 5.57 Å². The molecule has 3 unspecified atom stereocenters. The predicted molar refractivity (Wildman–Crippen MR) is 66.8 cm³/mol. The Morgan fingerprint density at radius 2 is 1.80 bits per heavy atom. The highest BCUT2D eigenvalue weighted by Gasteiger charge is 2.50. The summed E-state index contributed by atoms with van der Waals surface area (Å²) in [4.78, 5) is 0. The molecule has 2 saturated carbocycles. The second kappa shape index (κ2) is 3.37. The summed E-state index contributed by atoms with van der Waals surface area (Å²) in [6, 6.07) is 0. The van der Waals surface area contributed by atoms with Gasteiger partial charge in [-0.05, 0) is 48.3 Å². The van der Waals surface area contributed by atoms with Gasteiger partial charge in [0.05, 0.1) is 0 Å². The zero-order chi connectivity index (χ0) is 11.3. The molecule has 0 aromatic carbocycles. The molecule has 0 heteroatoms. The Kier molecular flexibility index (Phi) is 2.52. The summed E-state index contributed by atoms with van der Waals surface area (Å²) in [6.45, 7) is 14.2. The van der Waals surface area contributed by atoms with Crippen molar-refractivity contribution in [2.24, 2.45) is 22.7 Å². The molecule has 0 nitrogen and oxygen atoms in total. The third-order valence-electron chi connectivity index (χ3n) is 5.45. The number of hydrogen-bond donors (Lipinski definition) is 0. The van der Waals surface area contributed by atoms with Gasteiger partial charge in [-0.3, -0.25) is 0 Å². The van der Waals surface area contributed by atoms with Crippen molar-refractivity contribution < 1.29 is 0 Å². The summed E-state index contributed by atoms with van der Waals surface area (Å²) in [7, 11) is 0. The monoisotopic (exact) mass is 206 g/mol. The molecule has 0 amide bonds. The first-order valence-corrected chi connectivity index (χ1v) is 6.57. The highest BCUT2D eigenvalue weighted by atomic mass is 14.5. The lowest BCUT2D eigenvalue weighted by molar-refractivity contribution is -0.00588. The molecular formula is C15H26. The van der Waals surface area contributed by atoms with Gasteiger partial charge in [-0.15, -0.1) is 0 Å². The molecule has 0 aliphatic heterocycles. The molecular weight excluding hydrogens is 180 g/mol. The normalized spacial score (nSPS) is 44.9. The van der Waals surface area contributed by atoms with Gasteiger partial charge < -0.3 is 0 Å². The van der Waals surface area contributed by atoms with Crippen molar-refractivity contribution in [1.29, 1.82) is 0 Å². The lowest BCUT2D eigenvalue weighted by Gasteiger charge is -2.56. The van der Waals surface area contributed by atoms with E-state index in [-0.39, 0.29) is 0 Å². The second-order valence-electron chi connectivity index (χ2n) is 6.82. The van der Waals surface area contributed by atoms with E-state index in [0.29, 0.717) is 10.8 Å².